The van der Waals surface area contributed by atoms with Crippen LogP contribution in [0.3, 0.4) is 0 Å². The molecule has 0 unspecified atom stereocenters. The SMILES string of the molecule is OCc1ccc(-c2ccccc2)cc1OC(F)F. The first-order chi connectivity index (χ1) is 8.70. The minimum atomic E-state index is -2.90. The molecule has 4 heteroatoms. The molecule has 0 radical (unpaired) electrons. The van der Waals surface area contributed by atoms with Crippen molar-refractivity contribution in [1.82, 2.24) is 0 Å². The lowest BCUT2D eigenvalue weighted by Gasteiger charge is -2.11. The maximum absolute atomic E-state index is 12.3. The number of benzene rings is 2. The van der Waals surface area contributed by atoms with Gasteiger partial charge in [0.15, 0.2) is 0 Å². The molecule has 0 aliphatic carbocycles. The van der Waals surface area contributed by atoms with Crippen molar-refractivity contribution < 1.29 is 18.6 Å². The van der Waals surface area contributed by atoms with Crippen LogP contribution in [0.5, 0.6) is 5.75 Å². The average Bonchev–Trinajstić information content (AvgIpc) is 2.39. The van der Waals surface area contributed by atoms with Crippen LogP contribution < -0.4 is 4.74 Å². The minimum absolute atomic E-state index is 0.00820. The molecular formula is C14H12F2O2. The fourth-order valence-corrected chi connectivity index (χ4v) is 1.70. The van der Waals surface area contributed by atoms with Crippen LogP contribution in [0, 0.1) is 0 Å². The Kier molecular flexibility index (Phi) is 3.89. The molecule has 0 spiro atoms. The van der Waals surface area contributed by atoms with E-state index in [1.807, 2.05) is 30.3 Å². The Morgan fingerprint density at radius 1 is 1.00 bits per heavy atom. The van der Waals surface area contributed by atoms with E-state index >= 15 is 0 Å². The Bertz CT molecular complexity index is 512. The van der Waals surface area contributed by atoms with E-state index in [1.54, 1.807) is 12.1 Å². The molecular weight excluding hydrogens is 238 g/mol. The van der Waals surface area contributed by atoms with Gasteiger partial charge >= 0.3 is 6.61 Å². The second kappa shape index (κ2) is 5.60. The van der Waals surface area contributed by atoms with E-state index in [2.05, 4.69) is 4.74 Å². The molecule has 18 heavy (non-hydrogen) atoms. The molecule has 0 amide bonds. The summed E-state index contributed by atoms with van der Waals surface area (Å²) in [5.74, 6) is 0.00820. The number of hydrogen-bond donors (Lipinski definition) is 1. The van der Waals surface area contributed by atoms with Crippen molar-refractivity contribution in [1.29, 1.82) is 0 Å². The summed E-state index contributed by atoms with van der Waals surface area (Å²) in [5, 5.41) is 9.07. The van der Waals surface area contributed by atoms with Gasteiger partial charge < -0.3 is 9.84 Å². The highest BCUT2D eigenvalue weighted by atomic mass is 19.3. The molecule has 0 bridgehead atoms. The first kappa shape index (κ1) is 12.5. The minimum Gasteiger partial charge on any atom is -0.434 e. The predicted molar refractivity (Wildman–Crippen MR) is 64.4 cm³/mol. The van der Waals surface area contributed by atoms with Crippen LogP contribution in [-0.2, 0) is 6.61 Å². The monoisotopic (exact) mass is 250 g/mol. The lowest BCUT2D eigenvalue weighted by Crippen LogP contribution is -2.04. The average molecular weight is 250 g/mol. The van der Waals surface area contributed by atoms with E-state index in [-0.39, 0.29) is 12.4 Å². The zero-order valence-electron chi connectivity index (χ0n) is 9.51. The number of aliphatic hydroxyl groups excluding tert-OH is 1. The first-order valence-corrected chi connectivity index (χ1v) is 5.44. The van der Waals surface area contributed by atoms with Crippen molar-refractivity contribution >= 4 is 0 Å². The molecule has 2 nitrogen and oxygen atoms in total. The maximum atomic E-state index is 12.3. The van der Waals surface area contributed by atoms with E-state index in [4.69, 9.17) is 5.11 Å². The van der Waals surface area contributed by atoms with E-state index in [0.29, 0.717) is 5.56 Å². The van der Waals surface area contributed by atoms with Gasteiger partial charge in [-0.1, -0.05) is 42.5 Å². The predicted octanol–water partition coefficient (Wildman–Crippen LogP) is 3.45. The topological polar surface area (TPSA) is 29.5 Å². The number of hydrogen-bond acceptors (Lipinski definition) is 2. The summed E-state index contributed by atoms with van der Waals surface area (Å²) in [4.78, 5) is 0. The molecule has 0 fully saturated rings. The summed E-state index contributed by atoms with van der Waals surface area (Å²) in [6.45, 7) is -3.24. The summed E-state index contributed by atoms with van der Waals surface area (Å²) < 4.78 is 28.9. The van der Waals surface area contributed by atoms with Crippen LogP contribution in [0.25, 0.3) is 11.1 Å². The second-order valence-electron chi connectivity index (χ2n) is 3.73. The van der Waals surface area contributed by atoms with Gasteiger partial charge in [-0.25, -0.2) is 0 Å². The van der Waals surface area contributed by atoms with Gasteiger partial charge in [0, 0.05) is 5.56 Å². The van der Waals surface area contributed by atoms with Crippen molar-refractivity contribution in [2.75, 3.05) is 0 Å². The third-order valence-electron chi connectivity index (χ3n) is 2.56. The molecule has 2 aromatic rings. The number of alkyl halides is 2. The molecule has 0 aromatic heterocycles. The molecule has 1 N–H and O–H groups in total. The molecule has 0 saturated carbocycles. The zero-order valence-corrected chi connectivity index (χ0v) is 9.51. The van der Waals surface area contributed by atoms with Crippen LogP contribution in [-0.4, -0.2) is 11.7 Å². The zero-order chi connectivity index (χ0) is 13.0. The summed E-state index contributed by atoms with van der Waals surface area (Å²) in [6.07, 6.45) is 0. The Morgan fingerprint density at radius 3 is 2.33 bits per heavy atom. The lowest BCUT2D eigenvalue weighted by atomic mass is 10.0. The molecule has 0 aliphatic heterocycles. The fraction of sp³-hybridized carbons (Fsp3) is 0.143. The lowest BCUT2D eigenvalue weighted by molar-refractivity contribution is -0.0509. The van der Waals surface area contributed by atoms with Gasteiger partial charge in [-0.2, -0.15) is 8.78 Å². The molecule has 2 aromatic carbocycles. The van der Waals surface area contributed by atoms with Crippen molar-refractivity contribution in [2.45, 2.75) is 13.2 Å². The van der Waals surface area contributed by atoms with Gasteiger partial charge in [-0.05, 0) is 17.2 Å². The summed E-state index contributed by atoms with van der Waals surface area (Å²) in [5.41, 5.74) is 2.01. The molecule has 0 saturated heterocycles. The van der Waals surface area contributed by atoms with Crippen LogP contribution in [0.4, 0.5) is 8.78 Å². The summed E-state index contributed by atoms with van der Waals surface area (Å²) in [7, 11) is 0. The number of aliphatic hydroxyl groups is 1. The van der Waals surface area contributed by atoms with Gasteiger partial charge in [0.1, 0.15) is 5.75 Å². The summed E-state index contributed by atoms with van der Waals surface area (Å²) >= 11 is 0. The summed E-state index contributed by atoms with van der Waals surface area (Å²) in [6, 6.07) is 14.2. The number of halogens is 2. The van der Waals surface area contributed by atoms with Crippen molar-refractivity contribution in [3.63, 3.8) is 0 Å². The normalized spacial score (nSPS) is 10.7. The Balaban J connectivity index is 2.39. The number of ether oxygens (including phenoxy) is 1. The molecule has 0 aliphatic rings. The molecule has 0 atom stereocenters. The largest absolute Gasteiger partial charge is 0.434 e. The van der Waals surface area contributed by atoms with Gasteiger partial charge in [0.25, 0.3) is 0 Å². The molecule has 94 valence electrons. The van der Waals surface area contributed by atoms with Crippen molar-refractivity contribution in [3.05, 3.63) is 54.1 Å². The van der Waals surface area contributed by atoms with E-state index < -0.39 is 6.61 Å². The maximum Gasteiger partial charge on any atom is 0.387 e. The third kappa shape index (κ3) is 2.84. The Morgan fingerprint density at radius 2 is 1.72 bits per heavy atom. The van der Waals surface area contributed by atoms with Crippen LogP contribution in [0.15, 0.2) is 48.5 Å². The molecule has 2 rings (SSSR count). The Hall–Kier alpha value is -1.94. The smallest absolute Gasteiger partial charge is 0.387 e. The Labute approximate surface area is 103 Å². The second-order valence-corrected chi connectivity index (χ2v) is 3.73. The van der Waals surface area contributed by atoms with Gasteiger partial charge in [0.05, 0.1) is 6.61 Å². The van der Waals surface area contributed by atoms with Crippen LogP contribution in [0.2, 0.25) is 0 Å². The fourth-order valence-electron chi connectivity index (χ4n) is 1.70. The third-order valence-corrected chi connectivity index (χ3v) is 2.56. The first-order valence-electron chi connectivity index (χ1n) is 5.44. The van der Waals surface area contributed by atoms with Gasteiger partial charge in [-0.3, -0.25) is 0 Å². The van der Waals surface area contributed by atoms with E-state index in [1.165, 1.54) is 6.07 Å². The van der Waals surface area contributed by atoms with Gasteiger partial charge in [-0.15, -0.1) is 0 Å². The highest BCUT2D eigenvalue weighted by molar-refractivity contribution is 5.65. The quantitative estimate of drug-likeness (QED) is 0.900. The van der Waals surface area contributed by atoms with E-state index in [0.717, 1.165) is 11.1 Å². The number of rotatable bonds is 4. The van der Waals surface area contributed by atoms with Crippen LogP contribution >= 0.6 is 0 Å². The highest BCUT2D eigenvalue weighted by Crippen LogP contribution is 2.28. The van der Waals surface area contributed by atoms with Crippen molar-refractivity contribution in [3.8, 4) is 16.9 Å². The highest BCUT2D eigenvalue weighted by Gasteiger charge is 2.10. The van der Waals surface area contributed by atoms with E-state index in [9.17, 15) is 8.78 Å². The standard InChI is InChI=1S/C14H12F2O2/c15-14(16)18-13-8-11(6-7-12(13)9-17)10-4-2-1-3-5-10/h1-8,14,17H,9H2. The molecule has 0 heterocycles. The van der Waals surface area contributed by atoms with Gasteiger partial charge in [0.2, 0.25) is 0 Å². The van der Waals surface area contributed by atoms with Crippen molar-refractivity contribution in [2.24, 2.45) is 0 Å². The van der Waals surface area contributed by atoms with Crippen LogP contribution in [0.1, 0.15) is 5.56 Å².